The molecule has 2 N–H and O–H groups in total. The number of carbonyl (C=O) groups excluding carboxylic acids is 4. The summed E-state index contributed by atoms with van der Waals surface area (Å²) in [5.41, 5.74) is 2.24. The van der Waals surface area contributed by atoms with E-state index in [9.17, 15) is 19.8 Å². The van der Waals surface area contributed by atoms with Crippen LogP contribution in [0.15, 0.2) is 121 Å². The monoisotopic (exact) mass is 679 g/mol. The van der Waals surface area contributed by atoms with Crippen LogP contribution in [0.5, 0.6) is 17.2 Å². The molecule has 0 aromatic heterocycles. The Morgan fingerprint density at radius 3 is 2.22 bits per heavy atom. The highest BCUT2D eigenvalue weighted by atomic mass is 16.5. The first-order valence-electron chi connectivity index (χ1n) is 17.4. The van der Waals surface area contributed by atoms with Gasteiger partial charge in [-0.1, -0.05) is 96.6 Å². The minimum Gasteiger partial charge on any atom is -0.508 e. The summed E-state index contributed by atoms with van der Waals surface area (Å²) < 4.78 is 5.54. The number of allylic oxidation sites excluding steroid dienone is 4. The normalized spacial score (nSPS) is 26.9. The number of rotatable bonds is 7. The molecule has 1 aliphatic heterocycles. The maximum atomic E-state index is 15.1. The van der Waals surface area contributed by atoms with Gasteiger partial charge in [-0.25, -0.2) is 0 Å². The third-order valence-electron chi connectivity index (χ3n) is 11.6. The van der Waals surface area contributed by atoms with Crippen LogP contribution in [-0.4, -0.2) is 52.1 Å². The zero-order valence-corrected chi connectivity index (χ0v) is 28.1. The molecule has 3 aliphatic carbocycles. The maximum absolute atomic E-state index is 15.1. The molecule has 1 saturated heterocycles. The van der Waals surface area contributed by atoms with Gasteiger partial charge in [0.25, 0.3) is 0 Å². The van der Waals surface area contributed by atoms with Gasteiger partial charge in [0.2, 0.25) is 11.8 Å². The standard InChI is InChI=1S/C43H37NO7/c1-51-35-14-8-13-31(40(35)48)38-29-19-20-30-37(42(50)44(41(30)49)22-21-25-15-17-28(45)18-16-25)33(29)23-34-39(47)32(26-9-4-2-5-10-26)24-36(46)43(34,38)27-11-6-3-7-12-27/h2-19,24,30,33-34,37-38,45,48H,20-23H2,1H3. The number of likely N-dealkylation sites (tertiary alicyclic amines) is 1. The Morgan fingerprint density at radius 2 is 1.51 bits per heavy atom. The van der Waals surface area contributed by atoms with Gasteiger partial charge in [0, 0.05) is 29.5 Å². The van der Waals surface area contributed by atoms with Crippen molar-refractivity contribution < 1.29 is 34.1 Å². The number of para-hydroxylation sites is 1. The molecule has 51 heavy (non-hydrogen) atoms. The van der Waals surface area contributed by atoms with Crippen molar-refractivity contribution in [3.05, 3.63) is 143 Å². The Morgan fingerprint density at radius 1 is 0.804 bits per heavy atom. The maximum Gasteiger partial charge on any atom is 0.233 e. The summed E-state index contributed by atoms with van der Waals surface area (Å²) >= 11 is 0. The summed E-state index contributed by atoms with van der Waals surface area (Å²) in [6, 6.07) is 30.3. The van der Waals surface area contributed by atoms with E-state index >= 15 is 9.59 Å². The van der Waals surface area contributed by atoms with Gasteiger partial charge in [-0.2, -0.15) is 0 Å². The zero-order valence-electron chi connectivity index (χ0n) is 28.1. The van der Waals surface area contributed by atoms with Gasteiger partial charge in [-0.3, -0.25) is 24.1 Å². The predicted molar refractivity (Wildman–Crippen MR) is 190 cm³/mol. The van der Waals surface area contributed by atoms with Crippen molar-refractivity contribution in [1.82, 2.24) is 4.90 Å². The average molecular weight is 680 g/mol. The van der Waals surface area contributed by atoms with Crippen molar-refractivity contribution in [2.45, 2.75) is 30.6 Å². The van der Waals surface area contributed by atoms with Gasteiger partial charge in [0.05, 0.1) is 24.4 Å². The lowest BCUT2D eigenvalue weighted by atomic mass is 9.44. The van der Waals surface area contributed by atoms with E-state index in [1.807, 2.05) is 66.7 Å². The van der Waals surface area contributed by atoms with E-state index in [0.717, 1.165) is 11.1 Å². The number of nitrogens with zero attached hydrogens (tertiary/aromatic N) is 1. The molecule has 0 spiro atoms. The molecule has 4 aliphatic rings. The molecule has 8 heteroatoms. The summed E-state index contributed by atoms with van der Waals surface area (Å²) in [4.78, 5) is 59.9. The van der Waals surface area contributed by atoms with Crippen molar-refractivity contribution in [3.63, 3.8) is 0 Å². The molecule has 2 amide bonds. The Balaban J connectivity index is 1.30. The Hall–Kier alpha value is -5.76. The van der Waals surface area contributed by atoms with Gasteiger partial charge in [0.15, 0.2) is 23.1 Å². The number of aromatic hydroxyl groups is 2. The second-order valence-electron chi connectivity index (χ2n) is 13.9. The van der Waals surface area contributed by atoms with Crippen LogP contribution in [0.2, 0.25) is 0 Å². The van der Waals surface area contributed by atoms with E-state index in [4.69, 9.17) is 4.74 Å². The van der Waals surface area contributed by atoms with E-state index in [1.165, 1.54) is 18.1 Å². The second kappa shape index (κ2) is 12.5. The number of ketones is 2. The van der Waals surface area contributed by atoms with Crippen LogP contribution in [0, 0.1) is 23.7 Å². The molecule has 0 bridgehead atoms. The van der Waals surface area contributed by atoms with E-state index in [-0.39, 0.29) is 53.6 Å². The molecule has 8 nitrogen and oxygen atoms in total. The van der Waals surface area contributed by atoms with E-state index in [1.54, 1.807) is 42.5 Å². The smallest absolute Gasteiger partial charge is 0.233 e. The molecule has 8 rings (SSSR count). The first kappa shape index (κ1) is 32.4. The number of fused-ring (bicyclic) bond motifs is 4. The van der Waals surface area contributed by atoms with Crippen molar-refractivity contribution in [3.8, 4) is 17.2 Å². The zero-order chi connectivity index (χ0) is 35.4. The van der Waals surface area contributed by atoms with Gasteiger partial charge < -0.3 is 14.9 Å². The Kier molecular flexibility index (Phi) is 7.97. The molecule has 6 atom stereocenters. The molecule has 2 fully saturated rings. The fraction of sp³-hybridized carbons (Fsp3) is 0.256. The van der Waals surface area contributed by atoms with E-state index < -0.39 is 35.0 Å². The molecule has 4 aromatic carbocycles. The summed E-state index contributed by atoms with van der Waals surface area (Å²) in [6.07, 6.45) is 4.36. The fourth-order valence-corrected chi connectivity index (χ4v) is 9.34. The molecule has 0 radical (unpaired) electrons. The number of hydrogen-bond donors (Lipinski definition) is 2. The number of ether oxygens (including phenoxy) is 1. The third kappa shape index (κ3) is 4.95. The van der Waals surface area contributed by atoms with Crippen LogP contribution in [0.4, 0.5) is 0 Å². The highest BCUT2D eigenvalue weighted by molar-refractivity contribution is 6.31. The first-order chi connectivity index (χ1) is 24.7. The number of carbonyl (C=O) groups is 4. The Bertz CT molecular complexity index is 2120. The second-order valence-corrected chi connectivity index (χ2v) is 13.9. The van der Waals surface area contributed by atoms with Crippen LogP contribution in [-0.2, 0) is 31.0 Å². The molecule has 6 unspecified atom stereocenters. The lowest BCUT2D eigenvalue weighted by Gasteiger charge is -2.55. The first-order valence-corrected chi connectivity index (χ1v) is 17.4. The topological polar surface area (TPSA) is 121 Å². The summed E-state index contributed by atoms with van der Waals surface area (Å²) in [6.45, 7) is 0.188. The minimum absolute atomic E-state index is 0.134. The van der Waals surface area contributed by atoms with Crippen molar-refractivity contribution in [2.75, 3.05) is 13.7 Å². The number of imide groups is 1. The lowest BCUT2D eigenvalue weighted by Crippen LogP contribution is -2.58. The summed E-state index contributed by atoms with van der Waals surface area (Å²) in [5.74, 6) is -4.36. The van der Waals surface area contributed by atoms with Crippen molar-refractivity contribution in [2.24, 2.45) is 23.7 Å². The largest absolute Gasteiger partial charge is 0.508 e. The van der Waals surface area contributed by atoms with Crippen LogP contribution in [0.3, 0.4) is 0 Å². The van der Waals surface area contributed by atoms with Gasteiger partial charge in [-0.15, -0.1) is 0 Å². The lowest BCUT2D eigenvalue weighted by molar-refractivity contribution is -0.140. The summed E-state index contributed by atoms with van der Waals surface area (Å²) in [7, 11) is 1.46. The molecule has 256 valence electrons. The third-order valence-corrected chi connectivity index (χ3v) is 11.6. The number of amides is 2. The predicted octanol–water partition coefficient (Wildman–Crippen LogP) is 6.17. The molecule has 1 heterocycles. The number of methoxy groups -OCH3 is 1. The van der Waals surface area contributed by atoms with Crippen LogP contribution >= 0.6 is 0 Å². The molecule has 4 aromatic rings. The van der Waals surface area contributed by atoms with Crippen molar-refractivity contribution >= 4 is 29.0 Å². The van der Waals surface area contributed by atoms with Gasteiger partial charge in [0.1, 0.15) is 5.75 Å². The number of Topliss-reactive ketones (excluding diaryl/α,β-unsaturated/α-hetero) is 1. The average Bonchev–Trinajstić information content (AvgIpc) is 3.41. The van der Waals surface area contributed by atoms with Crippen molar-refractivity contribution in [1.29, 1.82) is 0 Å². The number of benzene rings is 4. The van der Waals surface area contributed by atoms with Crippen LogP contribution in [0.25, 0.3) is 5.57 Å². The van der Waals surface area contributed by atoms with E-state index in [2.05, 4.69) is 0 Å². The number of phenolic OH excluding ortho intramolecular Hbond substituents is 2. The molecular weight excluding hydrogens is 642 g/mol. The van der Waals surface area contributed by atoms with Crippen LogP contribution in [0.1, 0.15) is 41.0 Å². The minimum atomic E-state index is -1.44. The Labute approximate surface area is 295 Å². The van der Waals surface area contributed by atoms with Gasteiger partial charge >= 0.3 is 0 Å². The quantitative estimate of drug-likeness (QED) is 0.177. The van der Waals surface area contributed by atoms with E-state index in [0.29, 0.717) is 35.1 Å². The molecule has 1 saturated carbocycles. The SMILES string of the molecule is COc1cccc(C2C3=CCC4C(=O)N(CCc5ccc(O)cc5)C(=O)C4C3CC3C(=O)C(c4ccccc4)=CC(=O)C32c2ccccc2)c1O. The van der Waals surface area contributed by atoms with Crippen LogP contribution < -0.4 is 4.74 Å². The number of hydrogen-bond acceptors (Lipinski definition) is 7. The summed E-state index contributed by atoms with van der Waals surface area (Å²) in [5, 5.41) is 21.5. The number of phenols is 2. The fourth-order valence-electron chi connectivity index (χ4n) is 9.34. The molecular formula is C43H37NO7. The highest BCUT2D eigenvalue weighted by Crippen LogP contribution is 2.64. The highest BCUT2D eigenvalue weighted by Gasteiger charge is 2.66. The van der Waals surface area contributed by atoms with Gasteiger partial charge in [-0.05, 0) is 66.1 Å².